The first-order chi connectivity index (χ1) is 53.9. The van der Waals surface area contributed by atoms with Gasteiger partial charge in [0, 0.05) is 32.1 Å². The van der Waals surface area contributed by atoms with Crippen LogP contribution in [-0.4, -0.2) is 17.9 Å². The first kappa shape index (κ1) is 90.4. The molecule has 0 bridgehead atoms. The maximum atomic E-state index is 13.1. The summed E-state index contributed by atoms with van der Waals surface area (Å²) >= 11 is 20.0. The van der Waals surface area contributed by atoms with Crippen molar-refractivity contribution in [2.45, 2.75) is 174 Å². The summed E-state index contributed by atoms with van der Waals surface area (Å²) in [4.78, 5) is 50.3. The van der Waals surface area contributed by atoms with E-state index in [1.165, 1.54) is 104 Å². The molecule has 1 atom stereocenters. The summed E-state index contributed by atoms with van der Waals surface area (Å²) in [5.41, 5.74) is 8.85. The van der Waals surface area contributed by atoms with Gasteiger partial charge in [-0.25, -0.2) is 14.4 Å². The van der Waals surface area contributed by atoms with Gasteiger partial charge >= 0.3 is 17.9 Å². The van der Waals surface area contributed by atoms with Crippen LogP contribution in [0.4, 0.5) is 0 Å². The van der Waals surface area contributed by atoms with Gasteiger partial charge in [-0.15, -0.1) is 0 Å². The van der Waals surface area contributed by atoms with Crippen LogP contribution in [0.15, 0.2) is 305 Å². The molecule has 13 rings (SSSR count). The fourth-order valence-corrected chi connectivity index (χ4v) is 25.9. The van der Waals surface area contributed by atoms with Crippen molar-refractivity contribution >= 4 is 254 Å². The molecule has 0 aromatic heterocycles. The molecule has 1 unspecified atom stereocenters. The van der Waals surface area contributed by atoms with Crippen molar-refractivity contribution in [3.63, 3.8) is 0 Å². The zero-order valence-electron chi connectivity index (χ0n) is 64.2. The van der Waals surface area contributed by atoms with Crippen LogP contribution in [0, 0.1) is 32.1 Å². The van der Waals surface area contributed by atoms with Crippen LogP contribution < -0.4 is 14.2 Å². The Bertz CT molecular complexity index is 5150. The molecule has 0 amide bonds. The molecule has 1 aliphatic rings. The Hall–Kier alpha value is -3.33. The summed E-state index contributed by atoms with van der Waals surface area (Å²) in [7, 11) is -0.804. The summed E-state index contributed by atoms with van der Waals surface area (Å²) in [5, 5.41) is 0. The molecule has 1 aliphatic carbocycles. The molecular formula is C95H86I9O6S3+3. The van der Waals surface area contributed by atoms with E-state index in [0.29, 0.717) is 51.7 Å². The topological polar surface area (TPSA) is 78.9 Å². The van der Waals surface area contributed by atoms with Gasteiger partial charge < -0.3 is 14.2 Å². The summed E-state index contributed by atoms with van der Waals surface area (Å²) in [6, 6.07) is 91.9. The molecule has 0 radical (unpaired) electrons. The van der Waals surface area contributed by atoms with Gasteiger partial charge in [0.25, 0.3) is 0 Å². The molecule has 12 aromatic rings. The van der Waals surface area contributed by atoms with E-state index in [1.807, 2.05) is 72.8 Å². The Morgan fingerprint density at radius 2 is 0.540 bits per heavy atom. The second-order valence-electron chi connectivity index (χ2n) is 29.9. The van der Waals surface area contributed by atoms with E-state index in [-0.39, 0.29) is 61.4 Å². The van der Waals surface area contributed by atoms with E-state index in [4.69, 9.17) is 14.2 Å². The third kappa shape index (κ3) is 23.9. The van der Waals surface area contributed by atoms with Crippen molar-refractivity contribution < 1.29 is 28.6 Å². The minimum atomic E-state index is -0.329. The van der Waals surface area contributed by atoms with Gasteiger partial charge in [-0.1, -0.05) is 167 Å². The van der Waals surface area contributed by atoms with E-state index in [1.54, 1.807) is 0 Å². The zero-order chi connectivity index (χ0) is 81.0. The predicted molar refractivity (Wildman–Crippen MR) is 545 cm³/mol. The largest absolute Gasteiger partial charge is 0.423 e. The average Bonchev–Trinajstić information content (AvgIpc) is 0.789. The molecular weight excluding hydrogens is 2480 g/mol. The maximum absolute atomic E-state index is 13.1. The molecule has 18 heteroatoms. The fourth-order valence-electron chi connectivity index (χ4n) is 12.8. The Morgan fingerprint density at radius 3 is 0.805 bits per heavy atom. The number of carbonyl (C=O) groups is 3. The van der Waals surface area contributed by atoms with E-state index < -0.39 is 0 Å². The van der Waals surface area contributed by atoms with Crippen LogP contribution in [0.25, 0.3) is 0 Å². The third-order valence-corrected chi connectivity index (χ3v) is 37.7. The van der Waals surface area contributed by atoms with Gasteiger partial charge in [-0.3, -0.25) is 0 Å². The molecule has 1 fully saturated rings. The molecule has 0 heterocycles. The number of ether oxygens (including phenoxy) is 3. The monoisotopic (exact) mass is 2560 g/mol. The molecule has 113 heavy (non-hydrogen) atoms. The van der Waals surface area contributed by atoms with Crippen LogP contribution in [0.2, 0.25) is 0 Å². The van der Waals surface area contributed by atoms with Crippen LogP contribution in [0.1, 0.15) is 178 Å². The minimum absolute atomic E-state index is 0.101. The molecule has 0 aliphatic heterocycles. The molecule has 0 spiro atoms. The number of esters is 3. The quantitative estimate of drug-likeness (QED) is 0.0280. The fraction of sp³-hybridized carbons (Fsp3) is 0.211. The minimum Gasteiger partial charge on any atom is -0.423 e. The molecule has 0 N–H and O–H groups in total. The smallest absolute Gasteiger partial charge is 0.345 e. The maximum Gasteiger partial charge on any atom is 0.345 e. The Morgan fingerprint density at radius 1 is 0.301 bits per heavy atom. The number of carbonyl (C=O) groups excluding carboxylic acids is 3. The Balaban J connectivity index is 0.000000167. The van der Waals surface area contributed by atoms with E-state index >= 15 is 0 Å². The lowest BCUT2D eigenvalue weighted by Gasteiger charge is -2.22. The van der Waals surface area contributed by atoms with E-state index in [2.05, 4.69) is 461 Å². The highest BCUT2D eigenvalue weighted by Crippen LogP contribution is 2.41. The van der Waals surface area contributed by atoms with Gasteiger partial charge in [-0.05, 0) is 455 Å². The summed E-state index contributed by atoms with van der Waals surface area (Å²) in [6.45, 7) is 22.3. The number of halogens is 9. The van der Waals surface area contributed by atoms with Crippen molar-refractivity contribution in [1.29, 1.82) is 0 Å². The highest BCUT2D eigenvalue weighted by Gasteiger charge is 2.34. The predicted octanol–water partition coefficient (Wildman–Crippen LogP) is 30.3. The zero-order valence-corrected chi connectivity index (χ0v) is 86.0. The number of benzene rings is 12. The van der Waals surface area contributed by atoms with Crippen molar-refractivity contribution in [3.05, 3.63) is 337 Å². The first-order valence-electron chi connectivity index (χ1n) is 37.1. The SMILES string of the molecule is CC(C)(C)c1ccc([S+](c2ccc(OC(=O)c3c(I)ccc(I)c3I)cc2)c2ccc(C(C)(C)C)cc2)cc1.CC(C)c1ccc([S+](c2ccc(OC(=O)c3c(I)ccc(I)c3I)cc2)c2ccc(C(C)C)cc2)cc1.O=C(Oc1ccc([S+](c2ccccc2)c2ccc(C3CCCCC3)cc2)cc1)c1c(I)ccc(I)c1I. The average molecular weight is 2560 g/mol. The van der Waals surface area contributed by atoms with Crippen LogP contribution in [0.3, 0.4) is 0 Å². The lowest BCUT2D eigenvalue weighted by Crippen LogP contribution is -2.14. The molecule has 12 aromatic carbocycles. The van der Waals surface area contributed by atoms with Crippen LogP contribution >= 0.6 is 203 Å². The lowest BCUT2D eigenvalue weighted by molar-refractivity contribution is 0.0722. The Labute approximate surface area is 799 Å². The van der Waals surface area contributed by atoms with E-state index in [0.717, 1.165) is 32.1 Å². The molecule has 580 valence electrons. The first-order valence-corrected chi connectivity index (χ1v) is 50.5. The highest BCUT2D eigenvalue weighted by atomic mass is 127. The second-order valence-corrected chi connectivity index (χ2v) is 46.2. The van der Waals surface area contributed by atoms with Gasteiger partial charge in [0.2, 0.25) is 0 Å². The van der Waals surface area contributed by atoms with Crippen molar-refractivity contribution in [2.75, 3.05) is 0 Å². The second kappa shape index (κ2) is 41.8. The van der Waals surface area contributed by atoms with Crippen molar-refractivity contribution in [3.8, 4) is 17.2 Å². The molecule has 0 saturated heterocycles. The van der Waals surface area contributed by atoms with Crippen LogP contribution in [-0.2, 0) is 43.5 Å². The third-order valence-electron chi connectivity index (χ3n) is 19.2. The Kier molecular flexibility index (Phi) is 33.4. The van der Waals surface area contributed by atoms with Gasteiger partial charge in [0.1, 0.15) is 17.2 Å². The number of hydrogen-bond donors (Lipinski definition) is 0. The summed E-state index contributed by atoms with van der Waals surface area (Å²) < 4.78 is 26.0. The molecule has 6 nitrogen and oxygen atoms in total. The highest BCUT2D eigenvalue weighted by molar-refractivity contribution is 14.1. The summed E-state index contributed by atoms with van der Waals surface area (Å²) in [6.07, 6.45) is 6.69. The standard InChI is InChI=1S/C33H32I3O2S.C31H26I3O2S.C31H28I3O2S/c1-32(2,3)21-7-13-24(14-8-21)39(25-15-9-22(10-16-25)33(4,5)6)26-17-11-23(12-18-26)38-31(37)29-27(34)19-20-28(35)30(29)36;32-27-19-20-28(33)30(34)29(27)31(35)36-23-13-17-26(18-14-23)37(24-9-5-2-6-10-24)25-15-11-22(12-16-25)21-7-3-1-4-8-21;1-19(2)21-5-11-24(12-6-21)37(25-13-7-22(8-14-25)20(3)4)26-15-9-23(10-16-26)36-31(35)29-27(32)17-18-28(33)30(29)34/h7-20H,1-6H3;2,5-6,9-21H,1,3-4,7-8H2;5-20H,1-4H3/q3*+1. The summed E-state index contributed by atoms with van der Waals surface area (Å²) in [5.74, 6) is 2.37. The normalized spacial score (nSPS) is 12.7. The van der Waals surface area contributed by atoms with Crippen molar-refractivity contribution in [2.24, 2.45) is 0 Å². The van der Waals surface area contributed by atoms with Gasteiger partial charge in [0.05, 0.1) is 49.4 Å². The van der Waals surface area contributed by atoms with Crippen LogP contribution in [0.5, 0.6) is 17.2 Å². The number of hydrogen-bond acceptors (Lipinski definition) is 6. The molecule has 1 saturated carbocycles. The number of rotatable bonds is 18. The van der Waals surface area contributed by atoms with E-state index in [9.17, 15) is 14.4 Å². The lowest BCUT2D eigenvalue weighted by atomic mass is 9.84. The van der Waals surface area contributed by atoms with Crippen molar-refractivity contribution in [1.82, 2.24) is 0 Å². The van der Waals surface area contributed by atoms with Gasteiger partial charge in [0.15, 0.2) is 44.1 Å². The van der Waals surface area contributed by atoms with Gasteiger partial charge in [-0.2, -0.15) is 0 Å².